The molecule has 0 atom stereocenters. The van der Waals surface area contributed by atoms with Gasteiger partial charge in [-0.15, -0.1) is 18.3 Å². The molecule has 9 heteroatoms. The first kappa shape index (κ1) is 23.3. The first-order valence-corrected chi connectivity index (χ1v) is 12.3. The summed E-state index contributed by atoms with van der Waals surface area (Å²) in [7, 11) is 1.34. The van der Waals surface area contributed by atoms with Gasteiger partial charge in [0.05, 0.1) is 34.4 Å². The van der Waals surface area contributed by atoms with Gasteiger partial charge in [0.1, 0.15) is 0 Å². The Hall–Kier alpha value is -2.39. The molecule has 0 unspecified atom stereocenters. The van der Waals surface area contributed by atoms with E-state index in [2.05, 4.69) is 16.9 Å². The lowest BCUT2D eigenvalue weighted by atomic mass is 9.95. The molecular weight excluding hydrogens is 434 g/mol. The van der Waals surface area contributed by atoms with Crippen molar-refractivity contribution in [1.82, 2.24) is 9.88 Å². The first-order chi connectivity index (χ1) is 15.0. The molecule has 7 nitrogen and oxygen atoms in total. The topological polar surface area (TPSA) is 89.8 Å². The number of rotatable bonds is 8. The Morgan fingerprint density at radius 3 is 2.77 bits per heavy atom. The van der Waals surface area contributed by atoms with Gasteiger partial charge in [-0.05, 0) is 31.0 Å². The van der Waals surface area contributed by atoms with E-state index in [1.165, 1.54) is 36.6 Å². The van der Waals surface area contributed by atoms with Crippen LogP contribution in [0.15, 0.2) is 35.8 Å². The quantitative estimate of drug-likeness (QED) is 0.481. The lowest BCUT2D eigenvalue weighted by Gasteiger charge is -2.22. The van der Waals surface area contributed by atoms with Crippen molar-refractivity contribution in [1.29, 1.82) is 0 Å². The highest BCUT2D eigenvalue weighted by molar-refractivity contribution is 8.00. The smallest absolute Gasteiger partial charge is 0.337 e. The minimum Gasteiger partial charge on any atom is -0.465 e. The number of methoxy groups -OCH3 is 1. The van der Waals surface area contributed by atoms with E-state index in [4.69, 9.17) is 4.74 Å². The number of hydrogen-bond acceptors (Lipinski definition) is 6. The van der Waals surface area contributed by atoms with Crippen molar-refractivity contribution in [2.45, 2.75) is 44.7 Å². The van der Waals surface area contributed by atoms with Crippen LogP contribution in [0.1, 0.15) is 42.5 Å². The molecule has 166 valence electrons. The van der Waals surface area contributed by atoms with Crippen molar-refractivity contribution >= 4 is 51.1 Å². The zero-order chi connectivity index (χ0) is 22.2. The van der Waals surface area contributed by atoms with Crippen LogP contribution in [0.5, 0.6) is 0 Å². The van der Waals surface area contributed by atoms with Gasteiger partial charge in [-0.3, -0.25) is 9.59 Å². The molecule has 1 saturated carbocycles. The average molecular weight is 462 g/mol. The molecular formula is C22H27N3O4S2. The fourth-order valence-electron chi connectivity index (χ4n) is 3.60. The van der Waals surface area contributed by atoms with Crippen molar-refractivity contribution in [3.63, 3.8) is 0 Å². The van der Waals surface area contributed by atoms with Crippen molar-refractivity contribution in [2.24, 2.45) is 4.99 Å². The van der Waals surface area contributed by atoms with Crippen LogP contribution in [0.2, 0.25) is 0 Å². The summed E-state index contributed by atoms with van der Waals surface area (Å²) in [4.78, 5) is 41.1. The molecule has 1 aliphatic carbocycles. The molecule has 0 radical (unpaired) electrons. The summed E-state index contributed by atoms with van der Waals surface area (Å²) in [6, 6.07) is 5.51. The molecule has 0 saturated heterocycles. The number of thioether (sulfide) groups is 1. The fourth-order valence-corrected chi connectivity index (χ4v) is 5.30. The van der Waals surface area contributed by atoms with Gasteiger partial charge in [0.15, 0.2) is 4.80 Å². The van der Waals surface area contributed by atoms with E-state index in [1.807, 2.05) is 10.6 Å². The number of esters is 1. The van der Waals surface area contributed by atoms with E-state index in [0.29, 0.717) is 16.9 Å². The third kappa shape index (κ3) is 6.30. The van der Waals surface area contributed by atoms with Crippen molar-refractivity contribution in [3.05, 3.63) is 41.2 Å². The summed E-state index contributed by atoms with van der Waals surface area (Å²) in [6.07, 6.45) is 7.38. The second kappa shape index (κ2) is 11.3. The molecule has 1 aromatic heterocycles. The van der Waals surface area contributed by atoms with Gasteiger partial charge < -0.3 is 14.6 Å². The number of hydrogen-bond donors (Lipinski definition) is 1. The number of ether oxygens (including phenoxy) is 1. The molecule has 1 N–H and O–H groups in total. The molecule has 0 bridgehead atoms. The lowest BCUT2D eigenvalue weighted by molar-refractivity contribution is -0.119. The number of fused-ring (bicyclic) bond motifs is 1. The molecule has 31 heavy (non-hydrogen) atoms. The van der Waals surface area contributed by atoms with E-state index in [9.17, 15) is 14.4 Å². The van der Waals surface area contributed by atoms with Crippen LogP contribution in [0.3, 0.4) is 0 Å². The fraction of sp³-hybridized carbons (Fsp3) is 0.455. The van der Waals surface area contributed by atoms with Crippen molar-refractivity contribution < 1.29 is 19.1 Å². The minimum atomic E-state index is -0.414. The summed E-state index contributed by atoms with van der Waals surface area (Å²) < 4.78 is 7.49. The van der Waals surface area contributed by atoms with Gasteiger partial charge in [0.2, 0.25) is 5.91 Å². The molecule has 1 aliphatic rings. The first-order valence-electron chi connectivity index (χ1n) is 10.3. The molecule has 2 aromatic rings. The number of amides is 2. The number of carbonyl (C=O) groups is 3. The van der Waals surface area contributed by atoms with Gasteiger partial charge in [-0.2, -0.15) is 4.99 Å². The summed E-state index contributed by atoms with van der Waals surface area (Å²) in [5.74, 6) is -0.354. The van der Waals surface area contributed by atoms with Gasteiger partial charge in [0.25, 0.3) is 5.91 Å². The van der Waals surface area contributed by atoms with E-state index in [0.717, 1.165) is 35.9 Å². The highest BCUT2D eigenvalue weighted by atomic mass is 32.2. The molecule has 1 fully saturated rings. The molecule has 3 rings (SSSR count). The summed E-state index contributed by atoms with van der Waals surface area (Å²) in [5.41, 5.74) is 1.31. The SMILES string of the molecule is C=CCn1c(=NC(=O)CSCC(=O)NC2CCCCC2)sc2cc(C(=O)OC)ccc21. The van der Waals surface area contributed by atoms with E-state index >= 15 is 0 Å². The molecule has 2 amide bonds. The van der Waals surface area contributed by atoms with E-state index in [-0.39, 0.29) is 29.4 Å². The molecule has 1 aromatic carbocycles. The van der Waals surface area contributed by atoms with Crippen molar-refractivity contribution in [2.75, 3.05) is 18.6 Å². The Bertz CT molecular complexity index is 1040. The number of allylic oxidation sites excluding steroid dienone is 1. The zero-order valence-electron chi connectivity index (χ0n) is 17.6. The van der Waals surface area contributed by atoms with Crippen LogP contribution in [-0.2, 0) is 20.9 Å². The highest BCUT2D eigenvalue weighted by Gasteiger charge is 2.16. The highest BCUT2D eigenvalue weighted by Crippen LogP contribution is 2.20. The van der Waals surface area contributed by atoms with Crippen LogP contribution in [0, 0.1) is 0 Å². The van der Waals surface area contributed by atoms with Crippen LogP contribution in [-0.4, -0.2) is 47.0 Å². The standard InChI is InChI=1S/C22H27N3O4S2/c1-3-11-25-17-10-9-15(21(28)29-2)12-18(17)31-22(25)24-20(27)14-30-13-19(26)23-16-7-5-4-6-8-16/h3,9-10,12,16H,1,4-8,11,13-14H2,2H3,(H,23,26). The number of nitrogens with zero attached hydrogens (tertiary/aromatic N) is 2. The number of carbonyl (C=O) groups excluding carboxylic acids is 3. The van der Waals surface area contributed by atoms with E-state index in [1.54, 1.807) is 18.2 Å². The lowest BCUT2D eigenvalue weighted by Crippen LogP contribution is -2.37. The summed E-state index contributed by atoms with van der Waals surface area (Å²) >= 11 is 2.60. The maximum Gasteiger partial charge on any atom is 0.337 e. The van der Waals surface area contributed by atoms with Gasteiger partial charge in [-0.1, -0.05) is 36.7 Å². The number of aromatic nitrogens is 1. The van der Waals surface area contributed by atoms with Crippen molar-refractivity contribution in [3.8, 4) is 0 Å². The second-order valence-electron chi connectivity index (χ2n) is 7.36. The van der Waals surface area contributed by atoms with Gasteiger partial charge in [0, 0.05) is 12.6 Å². The number of nitrogens with one attached hydrogen (secondary N) is 1. The normalized spacial score (nSPS) is 15.1. The van der Waals surface area contributed by atoms with Gasteiger partial charge >= 0.3 is 5.97 Å². The molecule has 1 heterocycles. The largest absolute Gasteiger partial charge is 0.465 e. The number of thiazole rings is 1. The van der Waals surface area contributed by atoms with Gasteiger partial charge in [-0.25, -0.2) is 4.79 Å². The molecule has 0 spiro atoms. The maximum absolute atomic E-state index is 12.4. The maximum atomic E-state index is 12.4. The Labute approximate surface area is 189 Å². The predicted molar refractivity (Wildman–Crippen MR) is 124 cm³/mol. The monoisotopic (exact) mass is 461 g/mol. The van der Waals surface area contributed by atoms with Crippen LogP contribution in [0.4, 0.5) is 0 Å². The summed E-state index contributed by atoms with van der Waals surface area (Å²) in [6.45, 7) is 4.26. The Kier molecular flexibility index (Phi) is 8.48. The average Bonchev–Trinajstić information content (AvgIpc) is 3.10. The third-order valence-electron chi connectivity index (χ3n) is 5.06. The van der Waals surface area contributed by atoms with E-state index < -0.39 is 5.97 Å². The Morgan fingerprint density at radius 2 is 2.06 bits per heavy atom. The van der Waals surface area contributed by atoms with Crippen LogP contribution >= 0.6 is 23.1 Å². The Balaban J connectivity index is 1.66. The Morgan fingerprint density at radius 1 is 1.29 bits per heavy atom. The molecule has 0 aliphatic heterocycles. The summed E-state index contributed by atoms with van der Waals surface area (Å²) in [5, 5.41) is 3.05. The zero-order valence-corrected chi connectivity index (χ0v) is 19.2. The third-order valence-corrected chi connectivity index (χ3v) is 7.02. The second-order valence-corrected chi connectivity index (χ2v) is 9.35. The van der Waals surface area contributed by atoms with Crippen LogP contribution in [0.25, 0.3) is 10.2 Å². The minimum absolute atomic E-state index is 0.0244. The van der Waals surface area contributed by atoms with Crippen LogP contribution < -0.4 is 10.1 Å². The number of benzene rings is 1. The predicted octanol–water partition coefficient (Wildman–Crippen LogP) is 3.28.